The van der Waals surface area contributed by atoms with E-state index in [9.17, 15) is 24.0 Å². The molecule has 3 amide bonds. The van der Waals surface area contributed by atoms with E-state index in [1.807, 2.05) is 49.5 Å². The third-order valence-corrected chi connectivity index (χ3v) is 7.26. The Hall–Kier alpha value is -4.61. The minimum Gasteiger partial charge on any atom is -0.469 e. The molecule has 2 atom stereocenters. The van der Waals surface area contributed by atoms with Gasteiger partial charge in [0.15, 0.2) is 0 Å². The van der Waals surface area contributed by atoms with Gasteiger partial charge in [-0.05, 0) is 64.8 Å². The van der Waals surface area contributed by atoms with Crippen LogP contribution in [0.2, 0.25) is 0 Å². The largest absolute Gasteiger partial charge is 0.469 e. The Kier molecular flexibility index (Phi) is 12.4. The highest BCUT2D eigenvalue weighted by molar-refractivity contribution is 5.95. The molecule has 0 unspecified atom stereocenters. The normalized spacial score (nSPS) is 15.8. The fourth-order valence-electron chi connectivity index (χ4n) is 5.15. The van der Waals surface area contributed by atoms with Crippen LogP contribution < -0.4 is 10.2 Å². The molecular weight excluding hydrogens is 604 g/mol. The van der Waals surface area contributed by atoms with Crippen molar-refractivity contribution in [1.29, 1.82) is 0 Å². The standard InChI is InChI=1S/C35H48N4O8/c1-34(2,3)46-30(41)23-38-18-19-39(28(32(38)43)21-29(40)45-8)31(42)27(36-33(44)47-35(4,5)6)20-24-14-16-26(17-15-24)37(7)22-25-12-10-9-11-13-25/h9-17,27-28H,18-23H2,1-8H3,(H,36,44)/t27-,28-/m0/s1. The van der Waals surface area contributed by atoms with E-state index in [2.05, 4.69) is 22.3 Å². The zero-order chi connectivity index (χ0) is 34.9. The van der Waals surface area contributed by atoms with Crippen LogP contribution in [0, 0.1) is 0 Å². The molecule has 1 aliphatic rings. The molecule has 1 N–H and O–H groups in total. The molecule has 2 aromatic carbocycles. The van der Waals surface area contributed by atoms with Gasteiger partial charge in [0.05, 0.1) is 13.5 Å². The molecule has 0 bridgehead atoms. The number of piperazine rings is 1. The Balaban J connectivity index is 1.84. The van der Waals surface area contributed by atoms with E-state index in [0.717, 1.165) is 16.8 Å². The molecular formula is C35H48N4O8. The number of anilines is 1. The number of rotatable bonds is 11. The number of nitrogens with zero attached hydrogens (tertiary/aromatic N) is 3. The summed E-state index contributed by atoms with van der Waals surface area (Å²) in [7, 11) is 3.17. The molecule has 12 heteroatoms. The Bertz CT molecular complexity index is 1400. The summed E-state index contributed by atoms with van der Waals surface area (Å²) in [5.74, 6) is -2.47. The second kappa shape index (κ2) is 15.8. The molecule has 12 nitrogen and oxygen atoms in total. The number of nitrogens with one attached hydrogen (secondary N) is 1. The Labute approximate surface area is 277 Å². The van der Waals surface area contributed by atoms with Gasteiger partial charge in [0.1, 0.15) is 29.8 Å². The molecule has 1 saturated heterocycles. The van der Waals surface area contributed by atoms with Crippen LogP contribution >= 0.6 is 0 Å². The smallest absolute Gasteiger partial charge is 0.408 e. The van der Waals surface area contributed by atoms with Crippen LogP contribution in [-0.4, -0.2) is 96.7 Å². The average molecular weight is 653 g/mol. The quantitative estimate of drug-likeness (QED) is 0.285. The minimum absolute atomic E-state index is 0.0186. The van der Waals surface area contributed by atoms with Crippen LogP contribution in [0.3, 0.4) is 0 Å². The van der Waals surface area contributed by atoms with Crippen LogP contribution in [0.15, 0.2) is 54.6 Å². The Morgan fingerprint density at radius 3 is 2.06 bits per heavy atom. The van der Waals surface area contributed by atoms with E-state index in [4.69, 9.17) is 14.2 Å². The Morgan fingerprint density at radius 2 is 1.49 bits per heavy atom. The topological polar surface area (TPSA) is 135 Å². The van der Waals surface area contributed by atoms with Crippen molar-refractivity contribution in [3.8, 4) is 0 Å². The van der Waals surface area contributed by atoms with Gasteiger partial charge < -0.3 is 34.2 Å². The van der Waals surface area contributed by atoms with E-state index in [1.165, 1.54) is 16.9 Å². The van der Waals surface area contributed by atoms with Crippen molar-refractivity contribution in [2.45, 2.75) is 84.2 Å². The zero-order valence-electron chi connectivity index (χ0n) is 28.7. The highest BCUT2D eigenvalue weighted by Gasteiger charge is 2.42. The predicted molar refractivity (Wildman–Crippen MR) is 176 cm³/mol. The van der Waals surface area contributed by atoms with Crippen molar-refractivity contribution >= 4 is 35.5 Å². The molecule has 0 saturated carbocycles. The highest BCUT2D eigenvalue weighted by Crippen LogP contribution is 2.21. The van der Waals surface area contributed by atoms with Gasteiger partial charge in [0.25, 0.3) is 0 Å². The second-order valence-corrected chi connectivity index (χ2v) is 13.6. The van der Waals surface area contributed by atoms with E-state index in [1.54, 1.807) is 41.5 Å². The summed E-state index contributed by atoms with van der Waals surface area (Å²) in [6.07, 6.45) is -1.12. The summed E-state index contributed by atoms with van der Waals surface area (Å²) < 4.78 is 15.6. The SMILES string of the molecule is COC(=O)C[C@H]1C(=O)N(CC(=O)OC(C)(C)C)CCN1C(=O)[C@H](Cc1ccc(N(C)Cc2ccccc2)cc1)NC(=O)OC(C)(C)C. The number of methoxy groups -OCH3 is 1. The molecule has 1 fully saturated rings. The van der Waals surface area contributed by atoms with Gasteiger partial charge in [-0.3, -0.25) is 19.2 Å². The first-order chi connectivity index (χ1) is 22.0. The van der Waals surface area contributed by atoms with Crippen LogP contribution in [0.25, 0.3) is 0 Å². The number of amides is 3. The maximum atomic E-state index is 14.2. The van der Waals surface area contributed by atoms with Crippen molar-refractivity contribution in [1.82, 2.24) is 15.1 Å². The molecule has 3 rings (SSSR count). The third-order valence-electron chi connectivity index (χ3n) is 7.26. The van der Waals surface area contributed by atoms with Gasteiger partial charge in [-0.2, -0.15) is 0 Å². The first-order valence-corrected chi connectivity index (χ1v) is 15.7. The number of ether oxygens (including phenoxy) is 3. The van der Waals surface area contributed by atoms with Gasteiger partial charge in [0, 0.05) is 38.8 Å². The zero-order valence-corrected chi connectivity index (χ0v) is 28.7. The first kappa shape index (κ1) is 36.9. The van der Waals surface area contributed by atoms with Crippen LogP contribution in [0.5, 0.6) is 0 Å². The molecule has 256 valence electrons. The molecule has 0 spiro atoms. The molecule has 47 heavy (non-hydrogen) atoms. The van der Waals surface area contributed by atoms with Crippen LogP contribution in [-0.2, 0) is 46.4 Å². The lowest BCUT2D eigenvalue weighted by Crippen LogP contribution is -2.63. The van der Waals surface area contributed by atoms with Crippen LogP contribution in [0.1, 0.15) is 59.1 Å². The van der Waals surface area contributed by atoms with Crippen molar-refractivity contribution in [2.24, 2.45) is 0 Å². The first-order valence-electron chi connectivity index (χ1n) is 15.7. The molecule has 0 aliphatic carbocycles. The minimum atomic E-state index is -1.25. The molecule has 2 aromatic rings. The number of benzene rings is 2. The monoisotopic (exact) mass is 652 g/mol. The van der Waals surface area contributed by atoms with Crippen LogP contribution in [0.4, 0.5) is 10.5 Å². The summed E-state index contributed by atoms with van der Waals surface area (Å²) in [6.45, 7) is 10.7. The lowest BCUT2D eigenvalue weighted by Gasteiger charge is -2.41. The van der Waals surface area contributed by atoms with Gasteiger partial charge >= 0.3 is 18.0 Å². The fraction of sp³-hybridized carbons (Fsp3) is 0.514. The van der Waals surface area contributed by atoms with Gasteiger partial charge in [0.2, 0.25) is 11.8 Å². The predicted octanol–water partition coefficient (Wildman–Crippen LogP) is 3.70. The number of hydrogen-bond donors (Lipinski definition) is 1. The highest BCUT2D eigenvalue weighted by atomic mass is 16.6. The van der Waals surface area contributed by atoms with E-state index in [-0.39, 0.29) is 26.1 Å². The van der Waals surface area contributed by atoms with Crippen molar-refractivity contribution in [3.63, 3.8) is 0 Å². The number of esters is 2. The van der Waals surface area contributed by atoms with E-state index >= 15 is 0 Å². The summed E-state index contributed by atoms with van der Waals surface area (Å²) >= 11 is 0. The lowest BCUT2D eigenvalue weighted by molar-refractivity contribution is -0.164. The molecule has 0 radical (unpaired) electrons. The van der Waals surface area contributed by atoms with E-state index < -0.39 is 59.6 Å². The van der Waals surface area contributed by atoms with Crippen molar-refractivity contribution in [2.75, 3.05) is 38.7 Å². The summed E-state index contributed by atoms with van der Waals surface area (Å²) in [6, 6.07) is 15.3. The van der Waals surface area contributed by atoms with Gasteiger partial charge in [-0.25, -0.2) is 4.79 Å². The number of carbonyl (C=O) groups is 5. The van der Waals surface area contributed by atoms with Gasteiger partial charge in [-0.1, -0.05) is 42.5 Å². The number of carbonyl (C=O) groups excluding carboxylic acids is 5. The van der Waals surface area contributed by atoms with E-state index in [0.29, 0.717) is 6.54 Å². The van der Waals surface area contributed by atoms with Crippen molar-refractivity contribution < 1.29 is 38.2 Å². The van der Waals surface area contributed by atoms with Crippen molar-refractivity contribution in [3.05, 3.63) is 65.7 Å². The summed E-state index contributed by atoms with van der Waals surface area (Å²) in [5, 5.41) is 2.68. The maximum Gasteiger partial charge on any atom is 0.408 e. The summed E-state index contributed by atoms with van der Waals surface area (Å²) in [4.78, 5) is 70.2. The second-order valence-electron chi connectivity index (χ2n) is 13.6. The maximum absolute atomic E-state index is 14.2. The average Bonchev–Trinajstić information content (AvgIpc) is 2.97. The molecule has 0 aromatic heterocycles. The Morgan fingerprint density at radius 1 is 0.872 bits per heavy atom. The summed E-state index contributed by atoms with van der Waals surface area (Å²) in [5.41, 5.74) is 1.31. The fourth-order valence-corrected chi connectivity index (χ4v) is 5.15. The number of hydrogen-bond acceptors (Lipinski definition) is 9. The third kappa shape index (κ3) is 11.6. The molecule has 1 aliphatic heterocycles. The number of alkyl carbamates (subject to hydrolysis) is 1. The van der Waals surface area contributed by atoms with Gasteiger partial charge in [-0.15, -0.1) is 0 Å². The lowest BCUT2D eigenvalue weighted by atomic mass is 10.0. The molecule has 1 heterocycles.